The summed E-state index contributed by atoms with van der Waals surface area (Å²) in [6.45, 7) is 6.11. The zero-order chi connectivity index (χ0) is 17.3. The van der Waals surface area contributed by atoms with Crippen molar-refractivity contribution in [3.63, 3.8) is 0 Å². The third kappa shape index (κ3) is 3.55. The summed E-state index contributed by atoms with van der Waals surface area (Å²) in [6.07, 6.45) is 0.995. The molecular formula is C18H23NO4S. The molecule has 3 rings (SSSR count). The normalized spacial score (nSPS) is 19.6. The summed E-state index contributed by atoms with van der Waals surface area (Å²) in [5.74, 6) is 1.29. The van der Waals surface area contributed by atoms with Crippen LogP contribution in [0.4, 0.5) is 0 Å². The SMILES string of the molecule is Cc1cc([C@](C)(O)CNC(=O)C[C@H]2OCCc3ccsc32)c(C)o1. The van der Waals surface area contributed by atoms with Gasteiger partial charge >= 0.3 is 0 Å². The molecule has 6 heteroatoms. The molecule has 0 fully saturated rings. The van der Waals surface area contributed by atoms with E-state index in [9.17, 15) is 9.90 Å². The number of hydrogen-bond donors (Lipinski definition) is 2. The Bertz CT molecular complexity index is 731. The van der Waals surface area contributed by atoms with E-state index < -0.39 is 5.60 Å². The van der Waals surface area contributed by atoms with E-state index in [-0.39, 0.29) is 25.0 Å². The number of aryl methyl sites for hydroxylation is 2. The quantitative estimate of drug-likeness (QED) is 0.870. The van der Waals surface area contributed by atoms with E-state index in [0.717, 1.165) is 17.1 Å². The Morgan fingerprint density at radius 2 is 2.29 bits per heavy atom. The van der Waals surface area contributed by atoms with Gasteiger partial charge in [0.05, 0.1) is 19.6 Å². The Morgan fingerprint density at radius 1 is 1.50 bits per heavy atom. The largest absolute Gasteiger partial charge is 0.466 e. The number of thiophene rings is 1. The smallest absolute Gasteiger partial charge is 0.223 e. The molecule has 0 aromatic carbocycles. The first-order valence-electron chi connectivity index (χ1n) is 8.11. The highest BCUT2D eigenvalue weighted by molar-refractivity contribution is 7.10. The maximum absolute atomic E-state index is 12.3. The lowest BCUT2D eigenvalue weighted by atomic mass is 9.96. The number of nitrogens with one attached hydrogen (secondary N) is 1. The van der Waals surface area contributed by atoms with Crippen LogP contribution in [0.1, 0.15) is 47.0 Å². The van der Waals surface area contributed by atoms with Gasteiger partial charge in [-0.1, -0.05) is 0 Å². The van der Waals surface area contributed by atoms with Crippen LogP contribution in [0.5, 0.6) is 0 Å². The van der Waals surface area contributed by atoms with E-state index in [4.69, 9.17) is 9.15 Å². The van der Waals surface area contributed by atoms with Gasteiger partial charge in [-0.25, -0.2) is 0 Å². The lowest BCUT2D eigenvalue weighted by molar-refractivity contribution is -0.125. The molecule has 5 nitrogen and oxygen atoms in total. The molecular weight excluding hydrogens is 326 g/mol. The fraction of sp³-hybridized carbons (Fsp3) is 0.500. The number of ether oxygens (including phenoxy) is 1. The summed E-state index contributed by atoms with van der Waals surface area (Å²) in [6, 6.07) is 3.91. The molecule has 1 aliphatic rings. The summed E-state index contributed by atoms with van der Waals surface area (Å²) < 4.78 is 11.2. The molecule has 0 radical (unpaired) electrons. The summed E-state index contributed by atoms with van der Waals surface area (Å²) in [5, 5.41) is 15.5. The van der Waals surface area contributed by atoms with E-state index in [1.165, 1.54) is 5.56 Å². The molecule has 2 N–H and O–H groups in total. The summed E-state index contributed by atoms with van der Waals surface area (Å²) in [4.78, 5) is 13.4. The Labute approximate surface area is 145 Å². The van der Waals surface area contributed by atoms with Crippen LogP contribution in [-0.2, 0) is 21.6 Å². The Balaban J connectivity index is 1.59. The van der Waals surface area contributed by atoms with Crippen LogP contribution in [0, 0.1) is 13.8 Å². The van der Waals surface area contributed by atoms with Gasteiger partial charge in [-0.2, -0.15) is 0 Å². The number of furan rings is 1. The van der Waals surface area contributed by atoms with Crippen LogP contribution >= 0.6 is 11.3 Å². The third-order valence-electron chi connectivity index (χ3n) is 4.39. The highest BCUT2D eigenvalue weighted by Crippen LogP contribution is 2.34. The number of amides is 1. The van der Waals surface area contributed by atoms with Crippen molar-refractivity contribution in [2.45, 2.75) is 45.3 Å². The van der Waals surface area contributed by atoms with Gasteiger partial charge in [-0.15, -0.1) is 11.3 Å². The Morgan fingerprint density at radius 3 is 3.00 bits per heavy atom. The zero-order valence-electron chi connectivity index (χ0n) is 14.2. The van der Waals surface area contributed by atoms with Gasteiger partial charge in [0.25, 0.3) is 0 Å². The van der Waals surface area contributed by atoms with E-state index >= 15 is 0 Å². The van der Waals surface area contributed by atoms with Crippen molar-refractivity contribution < 1.29 is 19.1 Å². The second-order valence-electron chi connectivity index (χ2n) is 6.50. The van der Waals surface area contributed by atoms with Crippen LogP contribution in [0.2, 0.25) is 0 Å². The number of hydrogen-bond acceptors (Lipinski definition) is 5. The second-order valence-corrected chi connectivity index (χ2v) is 7.45. The van der Waals surface area contributed by atoms with Crippen molar-refractivity contribution in [3.8, 4) is 0 Å². The first-order valence-corrected chi connectivity index (χ1v) is 8.99. The van der Waals surface area contributed by atoms with Crippen molar-refractivity contribution in [1.82, 2.24) is 5.32 Å². The van der Waals surface area contributed by atoms with Gasteiger partial charge in [0.1, 0.15) is 23.2 Å². The number of rotatable bonds is 5. The lowest BCUT2D eigenvalue weighted by Gasteiger charge is -2.25. The van der Waals surface area contributed by atoms with Crippen molar-refractivity contribution >= 4 is 17.2 Å². The molecule has 0 bridgehead atoms. The first-order chi connectivity index (χ1) is 11.4. The van der Waals surface area contributed by atoms with Gasteiger partial charge in [-0.05, 0) is 50.3 Å². The lowest BCUT2D eigenvalue weighted by Crippen LogP contribution is -2.39. The van der Waals surface area contributed by atoms with E-state index in [2.05, 4.69) is 11.4 Å². The zero-order valence-corrected chi connectivity index (χ0v) is 15.0. The van der Waals surface area contributed by atoms with Crippen LogP contribution in [0.3, 0.4) is 0 Å². The van der Waals surface area contributed by atoms with E-state index in [0.29, 0.717) is 17.9 Å². The van der Waals surface area contributed by atoms with Gasteiger partial charge < -0.3 is 19.6 Å². The highest BCUT2D eigenvalue weighted by atomic mass is 32.1. The molecule has 0 unspecified atom stereocenters. The van der Waals surface area contributed by atoms with Gasteiger partial charge in [0, 0.05) is 10.4 Å². The first kappa shape index (κ1) is 17.2. The standard InChI is InChI=1S/C18H23NO4S/c1-11-8-14(12(2)23-11)18(3,21)10-19-16(20)9-15-17-13(4-6-22-15)5-7-24-17/h5,7-8,15,21H,4,6,9-10H2,1-3H3,(H,19,20)/t15-,18-/m1/s1. The van der Waals surface area contributed by atoms with E-state index in [1.54, 1.807) is 18.3 Å². The fourth-order valence-corrected chi connectivity index (χ4v) is 4.15. The number of carbonyl (C=O) groups excluding carboxylic acids is 1. The monoisotopic (exact) mass is 349 g/mol. The minimum absolute atomic E-state index is 0.126. The average molecular weight is 349 g/mol. The predicted molar refractivity (Wildman–Crippen MR) is 92.1 cm³/mol. The molecule has 1 aliphatic heterocycles. The number of carbonyl (C=O) groups is 1. The molecule has 2 atom stereocenters. The molecule has 0 aliphatic carbocycles. The molecule has 0 spiro atoms. The van der Waals surface area contributed by atoms with Crippen molar-refractivity contribution in [2.24, 2.45) is 0 Å². The fourth-order valence-electron chi connectivity index (χ4n) is 3.15. The molecule has 0 saturated heterocycles. The van der Waals surface area contributed by atoms with Crippen molar-refractivity contribution in [2.75, 3.05) is 13.2 Å². The van der Waals surface area contributed by atoms with Crippen LogP contribution in [0.25, 0.3) is 0 Å². The molecule has 2 aromatic rings. The minimum atomic E-state index is -1.17. The minimum Gasteiger partial charge on any atom is -0.466 e. The molecule has 1 amide bonds. The molecule has 24 heavy (non-hydrogen) atoms. The predicted octanol–water partition coefficient (Wildman–Crippen LogP) is 2.99. The highest BCUT2D eigenvalue weighted by Gasteiger charge is 2.29. The van der Waals surface area contributed by atoms with E-state index in [1.807, 2.05) is 25.3 Å². The third-order valence-corrected chi connectivity index (χ3v) is 5.44. The van der Waals surface area contributed by atoms with Gasteiger partial charge in [-0.3, -0.25) is 4.79 Å². The van der Waals surface area contributed by atoms with Gasteiger partial charge in [0.15, 0.2) is 0 Å². The summed E-state index contributed by atoms with van der Waals surface area (Å²) in [7, 11) is 0. The van der Waals surface area contributed by atoms with Crippen LogP contribution < -0.4 is 5.32 Å². The average Bonchev–Trinajstić information content (AvgIpc) is 3.12. The summed E-state index contributed by atoms with van der Waals surface area (Å²) in [5.41, 5.74) is 0.814. The molecule has 130 valence electrons. The molecule has 3 heterocycles. The topological polar surface area (TPSA) is 71.7 Å². The molecule has 2 aromatic heterocycles. The number of fused-ring (bicyclic) bond motifs is 1. The maximum atomic E-state index is 12.3. The van der Waals surface area contributed by atoms with Crippen LogP contribution in [-0.4, -0.2) is 24.2 Å². The number of aliphatic hydroxyl groups is 1. The van der Waals surface area contributed by atoms with Crippen molar-refractivity contribution in [3.05, 3.63) is 45.0 Å². The van der Waals surface area contributed by atoms with Crippen molar-refractivity contribution in [1.29, 1.82) is 0 Å². The summed E-state index contributed by atoms with van der Waals surface area (Å²) >= 11 is 1.63. The van der Waals surface area contributed by atoms with Gasteiger partial charge in [0.2, 0.25) is 5.91 Å². The second kappa shape index (κ2) is 6.70. The molecule has 0 saturated carbocycles. The van der Waals surface area contributed by atoms with Crippen LogP contribution in [0.15, 0.2) is 21.9 Å². The maximum Gasteiger partial charge on any atom is 0.223 e. The Kier molecular flexibility index (Phi) is 4.80. The Hall–Kier alpha value is -1.63.